The van der Waals surface area contributed by atoms with Crippen LogP contribution in [0.3, 0.4) is 0 Å². The minimum absolute atomic E-state index is 0.0727. The molecule has 0 amide bonds. The average molecular weight is 378 g/mol. The number of hydrogen-bond acceptors (Lipinski definition) is 6. The first-order valence-corrected chi connectivity index (χ1v) is 9.20. The fourth-order valence-electron chi connectivity index (χ4n) is 2.49. The summed E-state index contributed by atoms with van der Waals surface area (Å²) in [6.07, 6.45) is 1.73. The van der Waals surface area contributed by atoms with Gasteiger partial charge in [-0.3, -0.25) is 0 Å². The van der Waals surface area contributed by atoms with E-state index in [4.69, 9.17) is 9.47 Å². The third-order valence-corrected chi connectivity index (χ3v) is 4.71. The van der Waals surface area contributed by atoms with Crippen LogP contribution in [0.15, 0.2) is 47.8 Å². The summed E-state index contributed by atoms with van der Waals surface area (Å²) in [5, 5.41) is 21.9. The van der Waals surface area contributed by atoms with Gasteiger partial charge in [0.05, 0.1) is 25.0 Å². The molecule has 1 aromatic heterocycles. The molecule has 0 fully saturated rings. The molecule has 1 heterocycles. The smallest absolute Gasteiger partial charge is 0.161 e. The molecule has 136 valence electrons. The lowest BCUT2D eigenvalue weighted by molar-refractivity contribution is 0.318. The minimum atomic E-state index is 0.0727. The van der Waals surface area contributed by atoms with Crippen molar-refractivity contribution in [2.45, 2.75) is 6.92 Å². The Bertz CT molecular complexity index is 1000. The molecule has 0 spiro atoms. The second kappa shape index (κ2) is 8.39. The Morgan fingerprint density at radius 3 is 2.70 bits per heavy atom. The second-order valence-corrected chi connectivity index (χ2v) is 6.45. The van der Waals surface area contributed by atoms with Gasteiger partial charge in [0.2, 0.25) is 0 Å². The van der Waals surface area contributed by atoms with Crippen molar-refractivity contribution >= 4 is 23.0 Å². The fraction of sp³-hybridized carbons (Fsp3) is 0.143. The molecule has 3 rings (SSSR count). The average Bonchev–Trinajstić information content (AvgIpc) is 3.18. The molecule has 3 aromatic rings. The van der Waals surface area contributed by atoms with E-state index in [1.807, 2.05) is 36.6 Å². The number of thiazole rings is 1. The number of methoxy groups -OCH3 is 1. The van der Waals surface area contributed by atoms with Crippen LogP contribution < -0.4 is 9.47 Å². The summed E-state index contributed by atoms with van der Waals surface area (Å²) in [7, 11) is 1.63. The van der Waals surface area contributed by atoms with Gasteiger partial charge < -0.3 is 14.6 Å². The predicted molar refractivity (Wildman–Crippen MR) is 107 cm³/mol. The van der Waals surface area contributed by atoms with Crippen molar-refractivity contribution in [3.63, 3.8) is 0 Å². The number of nitriles is 1. The van der Waals surface area contributed by atoms with Gasteiger partial charge >= 0.3 is 0 Å². The fourth-order valence-corrected chi connectivity index (χ4v) is 3.29. The van der Waals surface area contributed by atoms with E-state index in [1.54, 1.807) is 31.4 Å². The molecular weight excluding hydrogens is 360 g/mol. The number of aromatic nitrogens is 1. The molecule has 27 heavy (non-hydrogen) atoms. The molecule has 0 radical (unpaired) electrons. The minimum Gasteiger partial charge on any atom is -0.504 e. The van der Waals surface area contributed by atoms with Crippen molar-refractivity contribution in [1.82, 2.24) is 4.98 Å². The van der Waals surface area contributed by atoms with Crippen molar-refractivity contribution < 1.29 is 14.6 Å². The lowest BCUT2D eigenvalue weighted by atomic mass is 10.1. The van der Waals surface area contributed by atoms with Crippen LogP contribution >= 0.6 is 11.3 Å². The first-order valence-electron chi connectivity index (χ1n) is 8.32. The number of allylic oxidation sites excluding steroid dienone is 1. The Hall–Kier alpha value is -3.30. The molecule has 0 unspecified atom stereocenters. The van der Waals surface area contributed by atoms with E-state index in [-0.39, 0.29) is 5.75 Å². The third kappa shape index (κ3) is 4.27. The van der Waals surface area contributed by atoms with Gasteiger partial charge in [0.1, 0.15) is 16.8 Å². The van der Waals surface area contributed by atoms with E-state index in [0.717, 1.165) is 22.6 Å². The van der Waals surface area contributed by atoms with Crippen LogP contribution in [0.25, 0.3) is 22.9 Å². The Balaban J connectivity index is 1.90. The summed E-state index contributed by atoms with van der Waals surface area (Å²) in [5.74, 6) is 1.24. The van der Waals surface area contributed by atoms with Crippen LogP contribution in [0, 0.1) is 11.3 Å². The van der Waals surface area contributed by atoms with Gasteiger partial charge in [0.15, 0.2) is 11.5 Å². The van der Waals surface area contributed by atoms with Crippen molar-refractivity contribution in [2.75, 3.05) is 13.7 Å². The zero-order chi connectivity index (χ0) is 19.2. The van der Waals surface area contributed by atoms with Crippen molar-refractivity contribution in [3.05, 3.63) is 58.4 Å². The number of ether oxygens (including phenoxy) is 2. The molecule has 0 saturated carbocycles. The number of hydrogen-bond donors (Lipinski definition) is 1. The van der Waals surface area contributed by atoms with Crippen LogP contribution in [-0.4, -0.2) is 23.8 Å². The highest BCUT2D eigenvalue weighted by molar-refractivity contribution is 7.11. The Morgan fingerprint density at radius 2 is 2.04 bits per heavy atom. The molecule has 0 aliphatic heterocycles. The summed E-state index contributed by atoms with van der Waals surface area (Å²) in [4.78, 5) is 4.59. The van der Waals surface area contributed by atoms with Crippen LogP contribution in [0.4, 0.5) is 0 Å². The zero-order valence-corrected chi connectivity index (χ0v) is 15.8. The zero-order valence-electron chi connectivity index (χ0n) is 15.0. The number of aromatic hydroxyl groups is 1. The Labute approximate surface area is 161 Å². The van der Waals surface area contributed by atoms with Crippen LogP contribution in [-0.2, 0) is 0 Å². The molecule has 0 saturated heterocycles. The molecular formula is C21H18N2O3S. The normalized spacial score (nSPS) is 11.1. The van der Waals surface area contributed by atoms with Crippen LogP contribution in [0.2, 0.25) is 0 Å². The van der Waals surface area contributed by atoms with Crippen LogP contribution in [0.5, 0.6) is 17.2 Å². The number of benzene rings is 2. The quantitative estimate of drug-likeness (QED) is 0.612. The van der Waals surface area contributed by atoms with E-state index in [0.29, 0.717) is 22.9 Å². The van der Waals surface area contributed by atoms with Gasteiger partial charge in [-0.15, -0.1) is 11.3 Å². The second-order valence-electron chi connectivity index (χ2n) is 5.60. The summed E-state index contributed by atoms with van der Waals surface area (Å²) in [5.41, 5.74) is 2.97. The standard InChI is InChI=1S/C21H18N2O3S/c1-3-26-20-11-14(4-9-19(20)24)10-16(12-22)21-23-18(13-27-21)15-5-7-17(25-2)8-6-15/h4-11,13,24H,3H2,1-2H3/b16-10-. The number of phenolic OH excluding ortho intramolecular Hbond substituents is 1. The Kier molecular flexibility index (Phi) is 5.74. The molecule has 0 aliphatic carbocycles. The first kappa shape index (κ1) is 18.5. The predicted octanol–water partition coefficient (Wildman–Crippen LogP) is 4.99. The number of nitrogens with zero attached hydrogens (tertiary/aromatic N) is 2. The highest BCUT2D eigenvalue weighted by Crippen LogP contribution is 2.31. The highest BCUT2D eigenvalue weighted by Gasteiger charge is 2.10. The molecule has 2 aromatic carbocycles. The van der Waals surface area contributed by atoms with Crippen LogP contribution in [0.1, 0.15) is 17.5 Å². The molecule has 1 N–H and O–H groups in total. The Morgan fingerprint density at radius 1 is 1.26 bits per heavy atom. The largest absolute Gasteiger partial charge is 0.504 e. The van der Waals surface area contributed by atoms with Gasteiger partial charge in [0, 0.05) is 10.9 Å². The number of phenols is 1. The van der Waals surface area contributed by atoms with E-state index in [9.17, 15) is 10.4 Å². The molecule has 5 nitrogen and oxygen atoms in total. The van der Waals surface area contributed by atoms with Gasteiger partial charge in [-0.2, -0.15) is 5.26 Å². The van der Waals surface area contributed by atoms with E-state index in [2.05, 4.69) is 11.1 Å². The highest BCUT2D eigenvalue weighted by atomic mass is 32.1. The van der Waals surface area contributed by atoms with E-state index >= 15 is 0 Å². The maximum atomic E-state index is 9.81. The molecule has 0 bridgehead atoms. The van der Waals surface area contributed by atoms with Gasteiger partial charge in [-0.05, 0) is 55.0 Å². The summed E-state index contributed by atoms with van der Waals surface area (Å²) in [6.45, 7) is 2.29. The number of rotatable bonds is 6. The van der Waals surface area contributed by atoms with Gasteiger partial charge in [-0.1, -0.05) is 6.07 Å². The van der Waals surface area contributed by atoms with Gasteiger partial charge in [-0.25, -0.2) is 4.98 Å². The molecule has 0 atom stereocenters. The summed E-state index contributed by atoms with van der Waals surface area (Å²) in [6, 6.07) is 14.8. The third-order valence-electron chi connectivity index (χ3n) is 3.84. The monoisotopic (exact) mass is 378 g/mol. The maximum Gasteiger partial charge on any atom is 0.161 e. The summed E-state index contributed by atoms with van der Waals surface area (Å²) < 4.78 is 10.6. The van der Waals surface area contributed by atoms with Crippen molar-refractivity contribution in [3.8, 4) is 34.6 Å². The SMILES string of the molecule is CCOc1cc(/C=C(/C#N)c2nc(-c3ccc(OC)cc3)cs2)ccc1O. The maximum absolute atomic E-state index is 9.81. The van der Waals surface area contributed by atoms with Crippen molar-refractivity contribution in [1.29, 1.82) is 5.26 Å². The summed E-state index contributed by atoms with van der Waals surface area (Å²) >= 11 is 1.41. The van der Waals surface area contributed by atoms with Crippen molar-refractivity contribution in [2.24, 2.45) is 0 Å². The molecule has 0 aliphatic rings. The molecule has 6 heteroatoms. The van der Waals surface area contributed by atoms with E-state index < -0.39 is 0 Å². The lowest BCUT2D eigenvalue weighted by Gasteiger charge is -2.06. The van der Waals surface area contributed by atoms with E-state index in [1.165, 1.54) is 11.3 Å². The topological polar surface area (TPSA) is 75.4 Å². The lowest BCUT2D eigenvalue weighted by Crippen LogP contribution is -1.92. The van der Waals surface area contributed by atoms with Gasteiger partial charge in [0.25, 0.3) is 0 Å². The first-order chi connectivity index (χ1) is 13.1.